The number of ketones is 1. The molecule has 5 nitrogen and oxygen atoms in total. The predicted molar refractivity (Wildman–Crippen MR) is 109 cm³/mol. The van der Waals surface area contributed by atoms with E-state index in [0.717, 1.165) is 23.2 Å². The number of alkyl halides is 3. The molecule has 2 aromatic rings. The van der Waals surface area contributed by atoms with Gasteiger partial charge in [0, 0.05) is 41.7 Å². The first-order valence-corrected chi connectivity index (χ1v) is 10.1. The van der Waals surface area contributed by atoms with Gasteiger partial charge in [-0.05, 0) is 56.4 Å². The molecule has 0 aliphatic heterocycles. The predicted octanol–water partition coefficient (Wildman–Crippen LogP) is 5.72. The number of aromatic amines is 1. The van der Waals surface area contributed by atoms with E-state index in [4.69, 9.17) is 0 Å². The molecule has 30 heavy (non-hydrogen) atoms. The molecule has 1 aliphatic carbocycles. The van der Waals surface area contributed by atoms with Crippen molar-refractivity contribution >= 4 is 22.4 Å². The molecule has 8 heteroatoms. The van der Waals surface area contributed by atoms with Gasteiger partial charge in [0.2, 0.25) is 0 Å². The molecule has 1 heterocycles. The molecule has 1 saturated carbocycles. The molecule has 0 radical (unpaired) electrons. The third-order valence-electron chi connectivity index (χ3n) is 5.15. The number of aryl methyl sites for hydroxylation is 1. The SMILES string of the molecule is CCC/C(O)=C1\C(=O)CCCC1=NCCc1c(C)[nH]c2ccc(OC(F)(F)F)cc12. The van der Waals surface area contributed by atoms with Crippen LogP contribution in [0.15, 0.2) is 34.5 Å². The van der Waals surface area contributed by atoms with Gasteiger partial charge in [-0.25, -0.2) is 0 Å². The van der Waals surface area contributed by atoms with Crippen LogP contribution in [0, 0.1) is 6.92 Å². The lowest BCUT2D eigenvalue weighted by Crippen LogP contribution is -2.21. The van der Waals surface area contributed by atoms with E-state index >= 15 is 0 Å². The molecule has 1 aromatic carbocycles. The van der Waals surface area contributed by atoms with Crippen LogP contribution in [-0.2, 0) is 11.2 Å². The second-order valence-electron chi connectivity index (χ2n) is 7.41. The second kappa shape index (κ2) is 8.93. The Bertz CT molecular complexity index is 1000. The van der Waals surface area contributed by atoms with Crippen molar-refractivity contribution in [2.75, 3.05) is 6.54 Å². The molecule has 1 fully saturated rings. The standard InChI is InChI=1S/C22H25F3N2O3/c1-3-5-19(28)21-18(6-4-7-20(21)29)26-11-10-15-13(2)27-17-9-8-14(12-16(15)17)30-22(23,24)25/h8-9,12,27-28H,3-7,10-11H2,1-2H3/b21-19+,26-18?. The van der Waals surface area contributed by atoms with Gasteiger partial charge in [-0.2, -0.15) is 0 Å². The maximum absolute atomic E-state index is 12.5. The van der Waals surface area contributed by atoms with Crippen molar-refractivity contribution in [3.63, 3.8) is 0 Å². The van der Waals surface area contributed by atoms with Crippen LogP contribution in [-0.4, -0.2) is 34.5 Å². The number of ether oxygens (including phenoxy) is 1. The number of rotatable bonds is 6. The van der Waals surface area contributed by atoms with Crippen LogP contribution in [0.5, 0.6) is 5.75 Å². The molecule has 0 saturated heterocycles. The summed E-state index contributed by atoms with van der Waals surface area (Å²) in [6, 6.07) is 4.20. The highest BCUT2D eigenvalue weighted by Crippen LogP contribution is 2.30. The minimum Gasteiger partial charge on any atom is -0.511 e. The molecule has 0 amide bonds. The van der Waals surface area contributed by atoms with Crippen LogP contribution in [0.25, 0.3) is 10.9 Å². The highest BCUT2D eigenvalue weighted by Gasteiger charge is 2.31. The number of aliphatic hydroxyl groups excluding tert-OH is 1. The number of hydrogen-bond donors (Lipinski definition) is 2. The summed E-state index contributed by atoms with van der Waals surface area (Å²) in [5.41, 5.74) is 3.39. The Labute approximate surface area is 172 Å². The first-order chi connectivity index (χ1) is 14.2. The number of Topliss-reactive ketones (excluding diaryl/α,β-unsaturated/α-hetero) is 1. The summed E-state index contributed by atoms with van der Waals surface area (Å²) in [6.45, 7) is 4.15. The number of aliphatic imine (C=N–C) groups is 1. The van der Waals surface area contributed by atoms with Crippen molar-refractivity contribution in [1.29, 1.82) is 0 Å². The van der Waals surface area contributed by atoms with Gasteiger partial charge in [0.05, 0.1) is 5.57 Å². The van der Waals surface area contributed by atoms with E-state index in [2.05, 4.69) is 14.7 Å². The smallest absolute Gasteiger partial charge is 0.511 e. The van der Waals surface area contributed by atoms with Crippen molar-refractivity contribution in [3.05, 3.63) is 40.8 Å². The van der Waals surface area contributed by atoms with Gasteiger partial charge in [-0.15, -0.1) is 13.2 Å². The van der Waals surface area contributed by atoms with Crippen LogP contribution < -0.4 is 4.74 Å². The maximum atomic E-state index is 12.5. The van der Waals surface area contributed by atoms with Crippen molar-refractivity contribution in [2.24, 2.45) is 4.99 Å². The molecule has 0 unspecified atom stereocenters. The molecule has 0 spiro atoms. The van der Waals surface area contributed by atoms with Gasteiger partial charge >= 0.3 is 6.36 Å². The Kier molecular flexibility index (Phi) is 6.53. The van der Waals surface area contributed by atoms with E-state index < -0.39 is 6.36 Å². The lowest BCUT2D eigenvalue weighted by Gasteiger charge is -2.17. The first-order valence-electron chi connectivity index (χ1n) is 10.1. The summed E-state index contributed by atoms with van der Waals surface area (Å²) in [5, 5.41) is 10.9. The molecule has 3 rings (SSSR count). The number of allylic oxidation sites excluding steroid dienone is 2. The van der Waals surface area contributed by atoms with Crippen LogP contribution in [0.3, 0.4) is 0 Å². The lowest BCUT2D eigenvalue weighted by molar-refractivity contribution is -0.274. The maximum Gasteiger partial charge on any atom is 0.573 e. The van der Waals surface area contributed by atoms with Crippen molar-refractivity contribution in [2.45, 2.75) is 58.7 Å². The average Bonchev–Trinajstić information content (AvgIpc) is 2.95. The number of carbonyl (C=O) groups is 1. The minimum atomic E-state index is -4.75. The number of nitrogens with one attached hydrogen (secondary N) is 1. The largest absolute Gasteiger partial charge is 0.573 e. The van der Waals surface area contributed by atoms with Gasteiger partial charge in [-0.1, -0.05) is 6.92 Å². The van der Waals surface area contributed by atoms with Gasteiger partial charge in [0.1, 0.15) is 11.5 Å². The van der Waals surface area contributed by atoms with E-state index in [9.17, 15) is 23.1 Å². The molecule has 0 atom stereocenters. The lowest BCUT2D eigenvalue weighted by atomic mass is 9.89. The Morgan fingerprint density at radius 1 is 1.30 bits per heavy atom. The normalized spacial score (nSPS) is 18.3. The summed E-state index contributed by atoms with van der Waals surface area (Å²) in [6.07, 6.45) is -1.36. The number of halogens is 3. The zero-order chi connectivity index (χ0) is 21.9. The molecular weight excluding hydrogens is 397 g/mol. The van der Waals surface area contributed by atoms with Crippen molar-refractivity contribution in [1.82, 2.24) is 4.98 Å². The number of hydrogen-bond acceptors (Lipinski definition) is 4. The van der Waals surface area contributed by atoms with Crippen LogP contribution in [0.1, 0.15) is 50.3 Å². The summed E-state index contributed by atoms with van der Waals surface area (Å²) in [4.78, 5) is 20.0. The molecule has 2 N–H and O–H groups in total. The Morgan fingerprint density at radius 3 is 2.77 bits per heavy atom. The quantitative estimate of drug-likeness (QED) is 0.462. The van der Waals surface area contributed by atoms with Gasteiger partial charge in [0.25, 0.3) is 0 Å². The van der Waals surface area contributed by atoms with Crippen LogP contribution >= 0.6 is 0 Å². The second-order valence-corrected chi connectivity index (χ2v) is 7.41. The van der Waals surface area contributed by atoms with Gasteiger partial charge in [0.15, 0.2) is 5.78 Å². The summed E-state index contributed by atoms with van der Waals surface area (Å²) < 4.78 is 41.7. The van der Waals surface area contributed by atoms with Crippen molar-refractivity contribution < 1.29 is 27.8 Å². The third-order valence-corrected chi connectivity index (χ3v) is 5.15. The first kappa shape index (κ1) is 21.9. The van der Waals surface area contributed by atoms with E-state index in [0.29, 0.717) is 55.3 Å². The third kappa shape index (κ3) is 5.04. The van der Waals surface area contributed by atoms with Gasteiger partial charge in [-0.3, -0.25) is 9.79 Å². The zero-order valence-electron chi connectivity index (χ0n) is 17.0. The number of fused-ring (bicyclic) bond motifs is 1. The Morgan fingerprint density at radius 2 is 2.07 bits per heavy atom. The molecular formula is C22H25F3N2O3. The summed E-state index contributed by atoms with van der Waals surface area (Å²) >= 11 is 0. The topological polar surface area (TPSA) is 74.7 Å². The highest BCUT2D eigenvalue weighted by atomic mass is 19.4. The minimum absolute atomic E-state index is 0.0804. The fraction of sp³-hybridized carbons (Fsp3) is 0.455. The number of benzene rings is 1. The van der Waals surface area contributed by atoms with Crippen molar-refractivity contribution in [3.8, 4) is 5.75 Å². The fourth-order valence-electron chi connectivity index (χ4n) is 3.86. The van der Waals surface area contributed by atoms with E-state index in [1.807, 2.05) is 13.8 Å². The number of nitrogens with zero attached hydrogens (tertiary/aromatic N) is 1. The van der Waals surface area contributed by atoms with Crippen LogP contribution in [0.2, 0.25) is 0 Å². The van der Waals surface area contributed by atoms with E-state index in [1.54, 1.807) is 6.07 Å². The summed E-state index contributed by atoms with van der Waals surface area (Å²) in [5.74, 6) is -0.254. The zero-order valence-corrected chi connectivity index (χ0v) is 17.0. The van der Waals surface area contributed by atoms with Crippen LogP contribution in [0.4, 0.5) is 13.2 Å². The number of carbonyl (C=O) groups excluding carboxylic acids is 1. The average molecular weight is 422 g/mol. The monoisotopic (exact) mass is 422 g/mol. The Hall–Kier alpha value is -2.77. The van der Waals surface area contributed by atoms with Gasteiger partial charge < -0.3 is 14.8 Å². The number of H-pyrrole nitrogens is 1. The highest BCUT2D eigenvalue weighted by molar-refractivity contribution is 6.24. The van der Waals surface area contributed by atoms with E-state index in [1.165, 1.54) is 12.1 Å². The molecule has 1 aliphatic rings. The molecule has 0 bridgehead atoms. The number of aliphatic hydroxyl groups is 1. The summed E-state index contributed by atoms with van der Waals surface area (Å²) in [7, 11) is 0. The molecule has 162 valence electrons. The fourth-order valence-corrected chi connectivity index (χ4v) is 3.86. The number of aromatic nitrogens is 1. The Balaban J connectivity index is 1.84. The van der Waals surface area contributed by atoms with E-state index in [-0.39, 0.29) is 17.3 Å². The molecule has 1 aromatic heterocycles.